The number of nitrogens with zero attached hydrogens (tertiary/aromatic N) is 1. The van der Waals surface area contributed by atoms with Gasteiger partial charge in [-0.2, -0.15) is 0 Å². The fourth-order valence-corrected chi connectivity index (χ4v) is 3.04. The van der Waals surface area contributed by atoms with Crippen LogP contribution in [0, 0.1) is 5.41 Å². The molecule has 2 atom stereocenters. The maximum atomic E-state index is 6.26. The zero-order valence-corrected chi connectivity index (χ0v) is 9.33. The molecule has 2 N–H and O–H groups in total. The van der Waals surface area contributed by atoms with Crippen LogP contribution in [0.1, 0.15) is 25.7 Å². The van der Waals surface area contributed by atoms with Gasteiger partial charge < -0.3 is 15.4 Å². The van der Waals surface area contributed by atoms with Crippen molar-refractivity contribution in [3.05, 3.63) is 0 Å². The Labute approximate surface area is 86.6 Å². The van der Waals surface area contributed by atoms with Gasteiger partial charge in [0.05, 0.1) is 6.10 Å². The molecule has 1 saturated carbocycles. The SMILES string of the molecule is COC1C[C@@H](N)C2(CCN(C)CC2)C1. The summed E-state index contributed by atoms with van der Waals surface area (Å²) in [5, 5.41) is 0. The van der Waals surface area contributed by atoms with Crippen LogP contribution in [0.3, 0.4) is 0 Å². The third kappa shape index (κ3) is 1.69. The average molecular weight is 198 g/mol. The monoisotopic (exact) mass is 198 g/mol. The average Bonchev–Trinajstić information content (AvgIpc) is 2.49. The second-order valence-corrected chi connectivity index (χ2v) is 5.07. The van der Waals surface area contributed by atoms with Crippen molar-refractivity contribution in [2.24, 2.45) is 11.1 Å². The van der Waals surface area contributed by atoms with Crippen molar-refractivity contribution in [2.75, 3.05) is 27.2 Å². The lowest BCUT2D eigenvalue weighted by atomic mass is 9.74. The molecule has 1 heterocycles. The minimum absolute atomic E-state index is 0.362. The van der Waals surface area contributed by atoms with E-state index in [4.69, 9.17) is 10.5 Å². The van der Waals surface area contributed by atoms with Crippen molar-refractivity contribution in [1.29, 1.82) is 0 Å². The predicted octanol–water partition coefficient (Wildman–Crippen LogP) is 0.834. The molecular formula is C11H22N2O. The van der Waals surface area contributed by atoms with Gasteiger partial charge in [-0.15, -0.1) is 0 Å². The van der Waals surface area contributed by atoms with Crippen molar-refractivity contribution in [3.8, 4) is 0 Å². The molecule has 1 saturated heterocycles. The van der Waals surface area contributed by atoms with Gasteiger partial charge >= 0.3 is 0 Å². The van der Waals surface area contributed by atoms with Crippen LogP contribution in [0.4, 0.5) is 0 Å². The number of methoxy groups -OCH3 is 1. The minimum atomic E-state index is 0.362. The molecule has 2 fully saturated rings. The lowest BCUT2D eigenvalue weighted by Gasteiger charge is -2.40. The summed E-state index contributed by atoms with van der Waals surface area (Å²) in [4.78, 5) is 2.40. The second kappa shape index (κ2) is 3.80. The molecule has 0 aromatic carbocycles. The maximum absolute atomic E-state index is 6.26. The molecule has 1 aliphatic heterocycles. The highest BCUT2D eigenvalue weighted by atomic mass is 16.5. The zero-order valence-electron chi connectivity index (χ0n) is 9.33. The quantitative estimate of drug-likeness (QED) is 0.678. The molecule has 82 valence electrons. The Balaban J connectivity index is 2.02. The fourth-order valence-electron chi connectivity index (χ4n) is 3.04. The molecular weight excluding hydrogens is 176 g/mol. The van der Waals surface area contributed by atoms with Crippen molar-refractivity contribution in [1.82, 2.24) is 4.90 Å². The normalized spacial score (nSPS) is 37.9. The second-order valence-electron chi connectivity index (χ2n) is 5.07. The molecule has 0 aromatic heterocycles. The number of rotatable bonds is 1. The summed E-state index contributed by atoms with van der Waals surface area (Å²) >= 11 is 0. The topological polar surface area (TPSA) is 38.5 Å². The largest absolute Gasteiger partial charge is 0.381 e. The van der Waals surface area contributed by atoms with Crippen molar-refractivity contribution in [3.63, 3.8) is 0 Å². The summed E-state index contributed by atoms with van der Waals surface area (Å²) in [6.45, 7) is 2.40. The molecule has 3 heteroatoms. The number of ether oxygens (including phenoxy) is 1. The van der Waals surface area contributed by atoms with E-state index < -0.39 is 0 Å². The van der Waals surface area contributed by atoms with Crippen LogP contribution in [-0.4, -0.2) is 44.3 Å². The molecule has 14 heavy (non-hydrogen) atoms. The van der Waals surface area contributed by atoms with Crippen molar-refractivity contribution < 1.29 is 4.74 Å². The summed E-state index contributed by atoms with van der Waals surface area (Å²) in [7, 11) is 4.01. The Morgan fingerprint density at radius 1 is 1.36 bits per heavy atom. The third-order valence-electron chi connectivity index (χ3n) is 4.25. The lowest BCUT2D eigenvalue weighted by Crippen LogP contribution is -2.45. The van der Waals surface area contributed by atoms with E-state index in [0.717, 1.165) is 6.42 Å². The molecule has 0 aromatic rings. The zero-order chi connectivity index (χ0) is 10.2. The van der Waals surface area contributed by atoms with E-state index >= 15 is 0 Å². The molecule has 0 amide bonds. The first-order chi connectivity index (χ1) is 6.66. The van der Waals surface area contributed by atoms with Gasteiger partial charge in [-0.3, -0.25) is 0 Å². The van der Waals surface area contributed by atoms with Crippen LogP contribution in [0.5, 0.6) is 0 Å². The first kappa shape index (κ1) is 10.4. The molecule has 1 aliphatic carbocycles. The van der Waals surface area contributed by atoms with Crippen molar-refractivity contribution in [2.45, 2.75) is 37.8 Å². The molecule has 1 spiro atoms. The first-order valence-corrected chi connectivity index (χ1v) is 5.63. The highest BCUT2D eigenvalue weighted by Gasteiger charge is 2.46. The fraction of sp³-hybridized carbons (Fsp3) is 1.00. The standard InChI is InChI=1S/C11H22N2O/c1-13-5-3-11(4-6-13)8-9(14-2)7-10(11)12/h9-10H,3-8,12H2,1-2H3/t9?,10-/m1/s1. The van der Waals surface area contributed by atoms with Gasteiger partial charge in [0.1, 0.15) is 0 Å². The number of hydrogen-bond donors (Lipinski definition) is 1. The van der Waals surface area contributed by atoms with Crippen LogP contribution in [-0.2, 0) is 4.74 Å². The molecule has 0 radical (unpaired) electrons. The van der Waals surface area contributed by atoms with E-state index in [0.29, 0.717) is 17.6 Å². The van der Waals surface area contributed by atoms with Gasteiger partial charge in [0.2, 0.25) is 0 Å². The summed E-state index contributed by atoms with van der Waals surface area (Å²) in [5.41, 5.74) is 6.65. The lowest BCUT2D eigenvalue weighted by molar-refractivity contribution is 0.0703. The summed E-state index contributed by atoms with van der Waals surface area (Å²) < 4.78 is 5.44. The van der Waals surface area contributed by atoms with Gasteiger partial charge in [0.25, 0.3) is 0 Å². The van der Waals surface area contributed by atoms with Crippen LogP contribution < -0.4 is 5.73 Å². The van der Waals surface area contributed by atoms with E-state index in [2.05, 4.69) is 11.9 Å². The molecule has 2 aliphatic rings. The highest BCUT2D eigenvalue weighted by molar-refractivity contribution is 5.01. The van der Waals surface area contributed by atoms with E-state index in [1.807, 2.05) is 7.11 Å². The van der Waals surface area contributed by atoms with E-state index in [-0.39, 0.29) is 0 Å². The van der Waals surface area contributed by atoms with Gasteiger partial charge in [-0.1, -0.05) is 0 Å². The van der Waals surface area contributed by atoms with E-state index in [1.54, 1.807) is 0 Å². The Morgan fingerprint density at radius 2 is 2.00 bits per heavy atom. The number of piperidine rings is 1. The highest BCUT2D eigenvalue weighted by Crippen LogP contribution is 2.46. The third-order valence-corrected chi connectivity index (χ3v) is 4.25. The van der Waals surface area contributed by atoms with Crippen LogP contribution >= 0.6 is 0 Å². The van der Waals surface area contributed by atoms with Crippen LogP contribution in [0.15, 0.2) is 0 Å². The summed E-state index contributed by atoms with van der Waals surface area (Å²) in [5.74, 6) is 0. The summed E-state index contributed by atoms with van der Waals surface area (Å²) in [6.07, 6.45) is 5.15. The van der Waals surface area contributed by atoms with Gasteiger partial charge in [0.15, 0.2) is 0 Å². The number of likely N-dealkylation sites (tertiary alicyclic amines) is 1. The Morgan fingerprint density at radius 3 is 2.50 bits per heavy atom. The van der Waals surface area contributed by atoms with E-state index in [1.165, 1.54) is 32.4 Å². The van der Waals surface area contributed by atoms with E-state index in [9.17, 15) is 0 Å². The number of hydrogen-bond acceptors (Lipinski definition) is 3. The smallest absolute Gasteiger partial charge is 0.0592 e. The first-order valence-electron chi connectivity index (χ1n) is 5.63. The van der Waals surface area contributed by atoms with Gasteiger partial charge in [-0.25, -0.2) is 0 Å². The number of nitrogens with two attached hydrogens (primary N) is 1. The maximum Gasteiger partial charge on any atom is 0.0592 e. The Bertz CT molecular complexity index is 199. The molecule has 3 nitrogen and oxygen atoms in total. The van der Waals surface area contributed by atoms with Crippen molar-refractivity contribution >= 4 is 0 Å². The Kier molecular flexibility index (Phi) is 2.82. The van der Waals surface area contributed by atoms with Crippen LogP contribution in [0.25, 0.3) is 0 Å². The summed E-state index contributed by atoms with van der Waals surface area (Å²) in [6, 6.07) is 0.362. The molecule has 2 rings (SSSR count). The predicted molar refractivity (Wildman–Crippen MR) is 57.2 cm³/mol. The molecule has 0 bridgehead atoms. The van der Waals surface area contributed by atoms with Gasteiger partial charge in [-0.05, 0) is 51.2 Å². The minimum Gasteiger partial charge on any atom is -0.381 e. The molecule has 1 unspecified atom stereocenters. The van der Waals surface area contributed by atoms with Gasteiger partial charge in [0, 0.05) is 13.2 Å². The Hall–Kier alpha value is -0.120. The van der Waals surface area contributed by atoms with Crippen LogP contribution in [0.2, 0.25) is 0 Å².